The summed E-state index contributed by atoms with van der Waals surface area (Å²) >= 11 is 0. The minimum absolute atomic E-state index is 0.0182. The smallest absolute Gasteiger partial charge is 0.220 e. The van der Waals surface area contributed by atoms with Crippen molar-refractivity contribution in [3.05, 3.63) is 0 Å². The Morgan fingerprint density at radius 2 is 0.895 bits per heavy atom. The molecule has 0 spiro atoms. The topological polar surface area (TPSA) is 69.6 Å². The van der Waals surface area contributed by atoms with Crippen LogP contribution in [0.1, 0.15) is 194 Å². The zero-order chi connectivity index (χ0) is 27.9. The van der Waals surface area contributed by atoms with Crippen LogP contribution in [0.3, 0.4) is 0 Å². The molecule has 0 fully saturated rings. The van der Waals surface area contributed by atoms with Crippen molar-refractivity contribution in [2.45, 2.75) is 206 Å². The van der Waals surface area contributed by atoms with Crippen molar-refractivity contribution < 1.29 is 15.0 Å². The minimum atomic E-state index is -0.438. The van der Waals surface area contributed by atoms with Crippen LogP contribution >= 0.6 is 0 Å². The summed E-state index contributed by atoms with van der Waals surface area (Å²) in [4.78, 5) is 12.3. The number of hydrogen-bond acceptors (Lipinski definition) is 3. The van der Waals surface area contributed by atoms with Crippen molar-refractivity contribution in [3.8, 4) is 0 Å². The Bertz CT molecular complexity index is 471. The molecule has 0 saturated heterocycles. The van der Waals surface area contributed by atoms with Crippen LogP contribution in [0.2, 0.25) is 0 Å². The van der Waals surface area contributed by atoms with Gasteiger partial charge in [0.1, 0.15) is 0 Å². The maximum Gasteiger partial charge on any atom is 0.220 e. The highest BCUT2D eigenvalue weighted by molar-refractivity contribution is 5.76. The summed E-state index contributed by atoms with van der Waals surface area (Å²) in [5.41, 5.74) is 0. The summed E-state index contributed by atoms with van der Waals surface area (Å²) in [5.74, 6) is 0.0182. The number of amides is 1. The Morgan fingerprint density at radius 3 is 1.26 bits per heavy atom. The summed E-state index contributed by atoms with van der Waals surface area (Å²) in [5, 5.41) is 23.0. The first-order valence-electron chi connectivity index (χ1n) is 17.2. The molecule has 3 N–H and O–H groups in total. The fraction of sp³-hybridized carbons (Fsp3) is 0.971. The van der Waals surface area contributed by atoms with Crippen molar-refractivity contribution in [1.29, 1.82) is 0 Å². The Labute approximate surface area is 238 Å². The first-order chi connectivity index (χ1) is 18.6. The van der Waals surface area contributed by atoms with Gasteiger partial charge in [-0.1, -0.05) is 168 Å². The molecule has 0 aliphatic heterocycles. The Balaban J connectivity index is 3.54. The van der Waals surface area contributed by atoms with Gasteiger partial charge in [-0.2, -0.15) is 0 Å². The van der Waals surface area contributed by atoms with E-state index in [1.54, 1.807) is 0 Å². The van der Waals surface area contributed by atoms with Crippen LogP contribution in [-0.2, 0) is 4.79 Å². The van der Waals surface area contributed by atoms with Crippen molar-refractivity contribution in [2.24, 2.45) is 0 Å². The van der Waals surface area contributed by atoms with Crippen molar-refractivity contribution in [2.75, 3.05) is 6.61 Å². The van der Waals surface area contributed by atoms with Crippen LogP contribution in [0.5, 0.6) is 0 Å². The van der Waals surface area contributed by atoms with Crippen molar-refractivity contribution in [1.82, 2.24) is 5.32 Å². The van der Waals surface area contributed by atoms with Crippen LogP contribution < -0.4 is 5.32 Å². The van der Waals surface area contributed by atoms with Crippen LogP contribution in [0.25, 0.3) is 0 Å². The van der Waals surface area contributed by atoms with E-state index in [2.05, 4.69) is 19.2 Å². The number of carbonyl (C=O) groups is 1. The van der Waals surface area contributed by atoms with E-state index < -0.39 is 6.10 Å². The molecule has 0 unspecified atom stereocenters. The maximum absolute atomic E-state index is 12.3. The van der Waals surface area contributed by atoms with Gasteiger partial charge in [0, 0.05) is 6.42 Å². The molecule has 0 aromatic heterocycles. The molecule has 4 nitrogen and oxygen atoms in total. The first kappa shape index (κ1) is 37.4. The molecule has 2 atom stereocenters. The SMILES string of the molecule is CCCCCCCCCCCCCCCC(=O)N[C@@H](CO)C[C@H](O)CCCCCCCCCCCCCC. The second-order valence-electron chi connectivity index (χ2n) is 12.0. The molecule has 0 radical (unpaired) electrons. The molecule has 0 aromatic rings. The van der Waals surface area contributed by atoms with Gasteiger partial charge >= 0.3 is 0 Å². The molecule has 0 rings (SSSR count). The Morgan fingerprint density at radius 1 is 0.553 bits per heavy atom. The maximum atomic E-state index is 12.3. The van der Waals surface area contributed by atoms with Gasteiger partial charge in [-0.3, -0.25) is 4.79 Å². The number of unbranched alkanes of at least 4 members (excludes halogenated alkanes) is 23. The Kier molecular flexibility index (Phi) is 30.4. The molecule has 0 aliphatic rings. The summed E-state index contributed by atoms with van der Waals surface area (Å²) in [6, 6.07) is -0.322. The molecule has 1 amide bonds. The molecule has 0 aromatic carbocycles. The third-order valence-corrected chi connectivity index (χ3v) is 8.04. The minimum Gasteiger partial charge on any atom is -0.394 e. The summed E-state index contributed by atoms with van der Waals surface area (Å²) < 4.78 is 0. The van der Waals surface area contributed by atoms with Gasteiger partial charge in [0.05, 0.1) is 18.8 Å². The third-order valence-electron chi connectivity index (χ3n) is 8.04. The number of carbonyl (C=O) groups excluding carboxylic acids is 1. The zero-order valence-electron chi connectivity index (χ0n) is 26.0. The van der Waals surface area contributed by atoms with E-state index in [1.165, 1.54) is 141 Å². The molecular weight excluding hydrogens is 470 g/mol. The number of nitrogens with one attached hydrogen (secondary N) is 1. The highest BCUT2D eigenvalue weighted by atomic mass is 16.3. The molecule has 228 valence electrons. The van der Waals surface area contributed by atoms with E-state index in [-0.39, 0.29) is 18.6 Å². The number of rotatable bonds is 31. The predicted octanol–water partition coefficient (Wildman–Crippen LogP) is 9.79. The predicted molar refractivity (Wildman–Crippen MR) is 166 cm³/mol. The van der Waals surface area contributed by atoms with Crippen molar-refractivity contribution in [3.63, 3.8) is 0 Å². The first-order valence-corrected chi connectivity index (χ1v) is 17.2. The molecule has 38 heavy (non-hydrogen) atoms. The molecule has 0 saturated carbocycles. The van der Waals surface area contributed by atoms with Crippen LogP contribution in [0.15, 0.2) is 0 Å². The lowest BCUT2D eigenvalue weighted by Crippen LogP contribution is -2.39. The summed E-state index contributed by atoms with van der Waals surface area (Å²) in [7, 11) is 0. The van der Waals surface area contributed by atoms with Crippen LogP contribution in [0.4, 0.5) is 0 Å². The molecular formula is C34H69NO3. The normalized spacial score (nSPS) is 13.1. The van der Waals surface area contributed by atoms with Gasteiger partial charge in [-0.05, 0) is 19.3 Å². The third kappa shape index (κ3) is 28.4. The molecule has 4 heteroatoms. The van der Waals surface area contributed by atoms with Crippen molar-refractivity contribution >= 4 is 5.91 Å². The van der Waals surface area contributed by atoms with Gasteiger partial charge in [0.2, 0.25) is 5.91 Å². The fourth-order valence-corrected chi connectivity index (χ4v) is 5.45. The molecule has 0 bridgehead atoms. The molecule has 0 aliphatic carbocycles. The van der Waals surface area contributed by atoms with E-state index in [1.807, 2.05) is 0 Å². The lowest BCUT2D eigenvalue weighted by atomic mass is 10.0. The lowest BCUT2D eigenvalue weighted by Gasteiger charge is -2.20. The second-order valence-corrected chi connectivity index (χ2v) is 12.0. The average molecular weight is 540 g/mol. The van der Waals surface area contributed by atoms with E-state index in [0.29, 0.717) is 12.8 Å². The summed E-state index contributed by atoms with van der Waals surface area (Å²) in [6.45, 7) is 4.44. The number of aliphatic hydroxyl groups excluding tert-OH is 2. The van der Waals surface area contributed by atoms with E-state index in [0.717, 1.165) is 25.7 Å². The van der Waals surface area contributed by atoms with E-state index in [4.69, 9.17) is 0 Å². The molecule has 0 heterocycles. The second kappa shape index (κ2) is 30.9. The number of aliphatic hydroxyl groups is 2. The zero-order valence-corrected chi connectivity index (χ0v) is 26.0. The van der Waals surface area contributed by atoms with Gasteiger partial charge < -0.3 is 15.5 Å². The van der Waals surface area contributed by atoms with Crippen LogP contribution in [0, 0.1) is 0 Å². The monoisotopic (exact) mass is 540 g/mol. The van der Waals surface area contributed by atoms with Crippen LogP contribution in [-0.4, -0.2) is 34.9 Å². The van der Waals surface area contributed by atoms with E-state index >= 15 is 0 Å². The Hall–Kier alpha value is -0.610. The van der Waals surface area contributed by atoms with Gasteiger partial charge in [0.25, 0.3) is 0 Å². The largest absolute Gasteiger partial charge is 0.394 e. The highest BCUT2D eigenvalue weighted by Crippen LogP contribution is 2.15. The van der Waals surface area contributed by atoms with Gasteiger partial charge in [-0.15, -0.1) is 0 Å². The van der Waals surface area contributed by atoms with E-state index in [9.17, 15) is 15.0 Å². The standard InChI is InChI=1S/C34H69NO3/c1-3-5-7-9-11-13-15-17-19-21-23-25-27-29-34(38)35-32(31-36)30-33(37)28-26-24-22-20-18-16-14-12-10-8-6-4-2/h32-33,36-37H,3-31H2,1-2H3,(H,35,38)/t32-,33-/m1/s1. The highest BCUT2D eigenvalue weighted by Gasteiger charge is 2.16. The van der Waals surface area contributed by atoms with Gasteiger partial charge in [0.15, 0.2) is 0 Å². The summed E-state index contributed by atoms with van der Waals surface area (Å²) in [6.07, 6.45) is 34.0. The quantitative estimate of drug-likeness (QED) is 0.0768. The van der Waals surface area contributed by atoms with Gasteiger partial charge in [-0.25, -0.2) is 0 Å². The number of hydrogen-bond donors (Lipinski definition) is 3. The fourth-order valence-electron chi connectivity index (χ4n) is 5.45. The average Bonchev–Trinajstić information content (AvgIpc) is 2.91. The lowest BCUT2D eigenvalue weighted by molar-refractivity contribution is -0.122.